The van der Waals surface area contributed by atoms with Crippen molar-refractivity contribution in [2.24, 2.45) is 32.2 Å². The Balaban J connectivity index is 0.000000198. The number of rotatable bonds is 9. The Bertz CT molecular complexity index is 1870. The number of hydrogen-bond acceptors (Lipinski definition) is 18. The van der Waals surface area contributed by atoms with Crippen LogP contribution in [-0.2, 0) is 14.2 Å². The lowest BCUT2D eigenvalue weighted by atomic mass is 9.95. The number of hydrogen-bond donors (Lipinski definition) is 9. The van der Waals surface area contributed by atoms with E-state index >= 15 is 0 Å². The third-order valence-electron chi connectivity index (χ3n) is 9.81. The van der Waals surface area contributed by atoms with Crippen molar-refractivity contribution in [3.8, 4) is 0 Å². The van der Waals surface area contributed by atoms with E-state index in [1.807, 2.05) is 0 Å². The van der Waals surface area contributed by atoms with Gasteiger partial charge >= 0.3 is 11.8 Å². The minimum absolute atomic E-state index is 0.0205. The molecule has 334 valence electrons. The van der Waals surface area contributed by atoms with E-state index in [2.05, 4.69) is 41.3 Å². The Hall–Kier alpha value is -4.57. The monoisotopic (exact) mass is 889 g/mol. The second-order valence-electron chi connectivity index (χ2n) is 13.6. The van der Waals surface area contributed by atoms with E-state index in [1.165, 1.54) is 36.8 Å². The van der Waals surface area contributed by atoms with Gasteiger partial charge in [-0.1, -0.05) is 25.8 Å². The molecule has 6 aliphatic heterocycles. The summed E-state index contributed by atoms with van der Waals surface area (Å²) in [4.78, 5) is 14.2. The Labute approximate surface area is 341 Å². The number of nitrogens with two attached hydrogens (primary N) is 3. The number of nitrogens with zero attached hydrogens (tertiary/aromatic N) is 6. The smallest absolute Gasteiger partial charge is 0.320 e. The third kappa shape index (κ3) is 8.37. The quantitative estimate of drug-likeness (QED) is 0.0808. The van der Waals surface area contributed by atoms with E-state index in [1.54, 1.807) is 0 Å². The molecule has 0 aromatic rings. The van der Waals surface area contributed by atoms with Crippen LogP contribution in [0.3, 0.4) is 0 Å². The zero-order valence-corrected chi connectivity index (χ0v) is 31.9. The Kier molecular flexibility index (Phi) is 14.3. The highest BCUT2D eigenvalue weighted by Gasteiger charge is 2.68. The molecular weight excluding hydrogens is 847 g/mol. The lowest BCUT2D eigenvalue weighted by molar-refractivity contribution is -0.198. The van der Waals surface area contributed by atoms with Crippen molar-refractivity contribution in [2.45, 2.75) is 78.2 Å². The van der Waals surface area contributed by atoms with Crippen molar-refractivity contribution in [1.29, 1.82) is 0 Å². The minimum Gasteiger partial charge on any atom is -0.393 e. The number of halogens is 8. The van der Waals surface area contributed by atoms with Crippen LogP contribution in [0, 0.1) is 0 Å². The second-order valence-corrected chi connectivity index (χ2v) is 13.9. The summed E-state index contributed by atoms with van der Waals surface area (Å²) in [5.41, 5.74) is 9.69. The number of aliphatic imine (C=N–C) groups is 3. The summed E-state index contributed by atoms with van der Waals surface area (Å²) >= 11 is 5.57. The van der Waals surface area contributed by atoms with Gasteiger partial charge in [-0.05, 0) is 18.2 Å². The highest BCUT2D eigenvalue weighted by Crippen LogP contribution is 2.47. The average molecular weight is 890 g/mol. The average Bonchev–Trinajstić information content (AvgIpc) is 3.66. The minimum atomic E-state index is -3.67. The van der Waals surface area contributed by atoms with Crippen LogP contribution >= 0.6 is 11.6 Å². The highest BCUT2D eigenvalue weighted by molar-refractivity contribution is 6.18. The molecule has 18 nitrogen and oxygen atoms in total. The van der Waals surface area contributed by atoms with Crippen molar-refractivity contribution >= 4 is 29.1 Å². The first kappa shape index (κ1) is 48.1. The van der Waals surface area contributed by atoms with Gasteiger partial charge in [0, 0.05) is 18.6 Å². The maximum Gasteiger partial charge on any atom is 0.320 e. The normalized spacial score (nSPS) is 36.7. The molecule has 0 bridgehead atoms. The van der Waals surface area contributed by atoms with E-state index in [-0.39, 0.29) is 35.0 Å². The van der Waals surface area contributed by atoms with E-state index < -0.39 is 104 Å². The predicted octanol–water partition coefficient (Wildman–Crippen LogP) is -0.424. The molecule has 6 heterocycles. The van der Waals surface area contributed by atoms with Crippen LogP contribution in [0.25, 0.3) is 0 Å². The molecule has 0 aromatic carbocycles. The van der Waals surface area contributed by atoms with E-state index in [9.17, 15) is 56.3 Å². The van der Waals surface area contributed by atoms with Crippen molar-refractivity contribution in [3.63, 3.8) is 0 Å². The van der Waals surface area contributed by atoms with Crippen LogP contribution in [-0.4, -0.2) is 167 Å². The van der Waals surface area contributed by atoms with Gasteiger partial charge in [-0.2, -0.15) is 17.6 Å². The molecule has 0 amide bonds. The van der Waals surface area contributed by atoms with Gasteiger partial charge in [-0.3, -0.25) is 0 Å². The van der Waals surface area contributed by atoms with Gasteiger partial charge in [0.1, 0.15) is 52.3 Å². The molecule has 0 aliphatic carbocycles. The molecule has 6 aliphatic rings. The largest absolute Gasteiger partial charge is 0.393 e. The summed E-state index contributed by atoms with van der Waals surface area (Å²) < 4.78 is 112. The number of alkyl halides is 8. The maximum absolute atomic E-state index is 14.2. The standard InChI is InChI=1S/C12H15F2N3O3.C11H14ClF2N3O3.C11H14F3N3O3/c1-3-11(6-18)9(19)12(13,14)10(20-11)17-5-4-8(15)16-7(17)2;1-6-16-7(15)2-3-17(6)9-11(13,14)8(19)10(4-12,5-18)20-9;1-5-16-6(15)2-3-17(5)9-7(12)8(19)11(4-18,20-9)10(13)14/h3-5,9-10,18-19H,1-2,6H2,(H2,15,16);2-3,8-9,18-19H,1,4-5H2,(H2,15,16);2-3,7-10,18-19H,1,4H2,(H2,15,16)/t9-,10-,11-;8-,9-,10-;7-,8+,9-,11-/m111/s1. The van der Waals surface area contributed by atoms with Crippen molar-refractivity contribution in [3.05, 3.63) is 86.7 Å². The first-order valence-electron chi connectivity index (χ1n) is 17.2. The van der Waals surface area contributed by atoms with E-state index in [4.69, 9.17) is 48.1 Å². The Morgan fingerprint density at radius 1 is 0.733 bits per heavy atom. The maximum atomic E-state index is 14.2. The molecular formula is C34H43ClF7N9O9. The van der Waals surface area contributed by atoms with Gasteiger partial charge in [-0.25, -0.2) is 28.1 Å². The summed E-state index contributed by atoms with van der Waals surface area (Å²) in [5, 5.41) is 56.7. The zero-order chi connectivity index (χ0) is 45.3. The second kappa shape index (κ2) is 17.8. The molecule has 60 heavy (non-hydrogen) atoms. The van der Waals surface area contributed by atoms with Gasteiger partial charge in [-0.15, -0.1) is 18.2 Å². The summed E-state index contributed by atoms with van der Waals surface area (Å²) in [5.74, 6) is -7.63. The molecule has 12 N–H and O–H groups in total. The lowest BCUT2D eigenvalue weighted by Crippen LogP contribution is -2.51. The van der Waals surface area contributed by atoms with Gasteiger partial charge in [0.2, 0.25) is 12.5 Å². The van der Waals surface area contributed by atoms with E-state index in [0.717, 1.165) is 20.8 Å². The molecule has 6 rings (SSSR count). The topological polar surface area (TPSA) is 274 Å². The van der Waals surface area contributed by atoms with Crippen LogP contribution in [0.5, 0.6) is 0 Å². The highest BCUT2D eigenvalue weighted by atomic mass is 35.5. The predicted molar refractivity (Wildman–Crippen MR) is 199 cm³/mol. The van der Waals surface area contributed by atoms with Crippen molar-refractivity contribution < 1.29 is 75.6 Å². The molecule has 0 spiro atoms. The SMILES string of the molecule is C=C1N=C(N)C=CN1[C@@H]1O[C@@](CO)(C(F)F)[C@@H](O)[C@H]1F.C=C1N=C(N)C=CN1[C@@H]1O[C@@](CO)(CCl)[C@@H](O)C1(F)F.C=C[C@]1(CO)O[C@@H](N2C=CC(N)=NC2=C)C(F)(F)[C@@H]1O. The number of aliphatic hydroxyl groups excluding tert-OH is 6. The van der Waals surface area contributed by atoms with Crippen LogP contribution in [0.4, 0.5) is 30.7 Å². The molecule has 0 saturated carbocycles. The van der Waals surface area contributed by atoms with Crippen molar-refractivity contribution in [2.75, 3.05) is 25.7 Å². The molecule has 10 atom stereocenters. The Morgan fingerprint density at radius 3 is 1.48 bits per heavy atom. The first-order valence-corrected chi connectivity index (χ1v) is 17.7. The molecule has 0 aromatic heterocycles. The van der Waals surface area contributed by atoms with Crippen LogP contribution in [0.1, 0.15) is 0 Å². The summed E-state index contributed by atoms with van der Waals surface area (Å²) in [6, 6.07) is 0. The third-order valence-corrected chi connectivity index (χ3v) is 10.3. The van der Waals surface area contributed by atoms with Gasteiger partial charge in [0.05, 0.1) is 25.7 Å². The molecule has 0 radical (unpaired) electrons. The molecule has 26 heteroatoms. The first-order chi connectivity index (χ1) is 27.9. The van der Waals surface area contributed by atoms with Crippen molar-refractivity contribution in [1.82, 2.24) is 14.7 Å². The van der Waals surface area contributed by atoms with Gasteiger partial charge in [0.25, 0.3) is 6.43 Å². The fraction of sp³-hybridized carbons (Fsp3) is 0.500. The lowest BCUT2D eigenvalue weighted by Gasteiger charge is -2.32. The summed E-state index contributed by atoms with van der Waals surface area (Å²) in [6.07, 6.45) is -8.89. The summed E-state index contributed by atoms with van der Waals surface area (Å²) in [7, 11) is 0. The van der Waals surface area contributed by atoms with Crippen LogP contribution in [0.2, 0.25) is 0 Å². The van der Waals surface area contributed by atoms with Crippen LogP contribution < -0.4 is 17.2 Å². The van der Waals surface area contributed by atoms with E-state index in [0.29, 0.717) is 0 Å². The number of ether oxygens (including phenoxy) is 3. The summed E-state index contributed by atoms with van der Waals surface area (Å²) in [6.45, 7) is 10.9. The van der Waals surface area contributed by atoms with Gasteiger partial charge in [0.15, 0.2) is 30.2 Å². The Morgan fingerprint density at radius 2 is 1.17 bits per heavy atom. The zero-order valence-electron chi connectivity index (χ0n) is 31.2. The molecule has 0 unspecified atom stereocenters. The number of aliphatic hydroxyl groups is 6. The van der Waals surface area contributed by atoms with Gasteiger partial charge < -0.3 is 76.8 Å². The fourth-order valence-electron chi connectivity index (χ4n) is 6.26. The number of amidine groups is 3. The fourth-order valence-corrected chi connectivity index (χ4v) is 6.55. The van der Waals surface area contributed by atoms with Crippen LogP contribution in [0.15, 0.2) is 102 Å². The molecule has 3 saturated heterocycles. The molecule has 3 fully saturated rings.